The largest absolute Gasteiger partial charge is 0.493 e. The van der Waals surface area contributed by atoms with Crippen LogP contribution < -0.4 is 25.5 Å². The lowest BCUT2D eigenvalue weighted by Crippen LogP contribution is -2.39. The van der Waals surface area contributed by atoms with E-state index in [1.165, 1.54) is 26.4 Å². The molecule has 11 heteroatoms. The van der Waals surface area contributed by atoms with Gasteiger partial charge in [-0.1, -0.05) is 24.3 Å². The fraction of sp³-hybridized carbons (Fsp3) is 0.333. The van der Waals surface area contributed by atoms with Gasteiger partial charge in [-0.2, -0.15) is 0 Å². The Morgan fingerprint density at radius 3 is 2.23 bits per heavy atom. The number of carbonyl (C=O) groups excluding carboxylic acids is 3. The average molecular weight is 642 g/mol. The molecule has 0 atom stereocenters. The van der Waals surface area contributed by atoms with Crippen LogP contribution in [0.2, 0.25) is 0 Å². The van der Waals surface area contributed by atoms with Gasteiger partial charge in [0.2, 0.25) is 0 Å². The molecule has 0 unspecified atom stereocenters. The highest BCUT2D eigenvalue weighted by Gasteiger charge is 2.29. The maximum atomic E-state index is 13.6. The molecule has 5 rings (SSSR count). The minimum atomic E-state index is -0.722. The average Bonchev–Trinajstić information content (AvgIpc) is 3.86. The van der Waals surface area contributed by atoms with Crippen molar-refractivity contribution in [3.8, 4) is 11.5 Å². The second-order valence-electron chi connectivity index (χ2n) is 12.4. The van der Waals surface area contributed by atoms with E-state index in [1.54, 1.807) is 41.3 Å². The number of carbonyl (C=O) groups is 3. The third kappa shape index (κ3) is 8.49. The molecule has 1 fully saturated rings. The Bertz CT molecular complexity index is 1840. The van der Waals surface area contributed by atoms with E-state index in [9.17, 15) is 19.2 Å². The number of hydrogen-bond acceptors (Lipinski definition) is 8. The Morgan fingerprint density at radius 1 is 0.894 bits per heavy atom. The van der Waals surface area contributed by atoms with Crippen molar-refractivity contribution in [3.63, 3.8) is 0 Å². The van der Waals surface area contributed by atoms with E-state index < -0.39 is 17.4 Å². The summed E-state index contributed by atoms with van der Waals surface area (Å²) in [7, 11) is 2.88. The molecule has 3 aromatic carbocycles. The molecule has 246 valence electrons. The van der Waals surface area contributed by atoms with E-state index in [0.717, 1.165) is 24.5 Å². The topological polar surface area (TPSA) is 136 Å². The smallest absolute Gasteiger partial charge is 0.410 e. The van der Waals surface area contributed by atoms with Gasteiger partial charge in [0, 0.05) is 30.9 Å². The third-order valence-electron chi connectivity index (χ3n) is 7.58. The summed E-state index contributed by atoms with van der Waals surface area (Å²) in [4.78, 5) is 53.9. The predicted molar refractivity (Wildman–Crippen MR) is 179 cm³/mol. The van der Waals surface area contributed by atoms with Gasteiger partial charge in [-0.3, -0.25) is 14.4 Å². The van der Waals surface area contributed by atoms with Crippen LogP contribution in [-0.4, -0.2) is 55.7 Å². The Hall–Kier alpha value is -5.32. The minimum Gasteiger partial charge on any atom is -0.493 e. The highest BCUT2D eigenvalue weighted by Crippen LogP contribution is 2.34. The van der Waals surface area contributed by atoms with Gasteiger partial charge in [0.05, 0.1) is 30.9 Å². The summed E-state index contributed by atoms with van der Waals surface area (Å²) in [6.45, 7) is 6.77. The Morgan fingerprint density at radius 2 is 1.57 bits per heavy atom. The standard InChI is InChI=1S/C36H39N3O8/c1-36(2,3)47-35(43)39(21-23-10-11-23)17-16-22-12-14-24(15-13-22)37-33(41)26-18-30(44-4)31(45-5)19-27(26)38-34(42)32-20-28(40)25-8-6-7-9-29(25)46-32/h6-9,12-15,18-20,23H,10-11,16-17,21H2,1-5H3,(H,37,41)(H,38,42). The summed E-state index contributed by atoms with van der Waals surface area (Å²) in [6, 6.07) is 18.0. The number of fused-ring (bicyclic) bond motifs is 1. The summed E-state index contributed by atoms with van der Waals surface area (Å²) < 4.78 is 22.1. The lowest BCUT2D eigenvalue weighted by molar-refractivity contribution is 0.0243. The van der Waals surface area contributed by atoms with Crippen molar-refractivity contribution in [2.24, 2.45) is 5.92 Å². The molecular formula is C36H39N3O8. The number of ether oxygens (including phenoxy) is 3. The van der Waals surface area contributed by atoms with Gasteiger partial charge in [0.15, 0.2) is 22.7 Å². The Balaban J connectivity index is 1.31. The van der Waals surface area contributed by atoms with Crippen molar-refractivity contribution >= 4 is 40.3 Å². The molecule has 0 aliphatic heterocycles. The molecule has 1 aliphatic rings. The second-order valence-corrected chi connectivity index (χ2v) is 12.4. The number of anilines is 2. The van der Waals surface area contributed by atoms with Crippen LogP contribution in [0.15, 0.2) is 75.9 Å². The first-order chi connectivity index (χ1) is 22.4. The molecule has 4 aromatic rings. The van der Waals surface area contributed by atoms with Gasteiger partial charge in [0.25, 0.3) is 11.8 Å². The van der Waals surface area contributed by atoms with E-state index in [1.807, 2.05) is 32.9 Å². The fourth-order valence-electron chi connectivity index (χ4n) is 4.98. The van der Waals surface area contributed by atoms with Crippen molar-refractivity contribution < 1.29 is 33.0 Å². The Kier molecular flexibility index (Phi) is 9.83. The lowest BCUT2D eigenvalue weighted by Gasteiger charge is -2.27. The first-order valence-electron chi connectivity index (χ1n) is 15.4. The van der Waals surface area contributed by atoms with Crippen molar-refractivity contribution in [1.82, 2.24) is 4.90 Å². The zero-order chi connectivity index (χ0) is 33.7. The third-order valence-corrected chi connectivity index (χ3v) is 7.58. The summed E-state index contributed by atoms with van der Waals surface area (Å²) >= 11 is 0. The first-order valence-corrected chi connectivity index (χ1v) is 15.4. The molecular weight excluding hydrogens is 602 g/mol. The van der Waals surface area contributed by atoms with Crippen LogP contribution >= 0.6 is 0 Å². The number of methoxy groups -OCH3 is 2. The molecule has 1 aliphatic carbocycles. The summed E-state index contributed by atoms with van der Waals surface area (Å²) in [5.41, 5.74) is 1.05. The predicted octanol–water partition coefficient (Wildman–Crippen LogP) is 6.50. The van der Waals surface area contributed by atoms with Crippen LogP contribution in [0.25, 0.3) is 11.0 Å². The van der Waals surface area contributed by atoms with Crippen LogP contribution in [0.3, 0.4) is 0 Å². The first kappa shape index (κ1) is 33.1. The van der Waals surface area contributed by atoms with Crippen molar-refractivity contribution in [2.45, 2.75) is 45.6 Å². The van der Waals surface area contributed by atoms with Gasteiger partial charge < -0.3 is 34.2 Å². The molecule has 3 amide bonds. The van der Waals surface area contributed by atoms with Crippen molar-refractivity contribution in [3.05, 3.63) is 93.8 Å². The van der Waals surface area contributed by atoms with Gasteiger partial charge >= 0.3 is 6.09 Å². The molecule has 0 spiro atoms. The van der Waals surface area contributed by atoms with E-state index in [-0.39, 0.29) is 45.6 Å². The van der Waals surface area contributed by atoms with E-state index in [4.69, 9.17) is 18.6 Å². The highest BCUT2D eigenvalue weighted by molar-refractivity contribution is 6.12. The van der Waals surface area contributed by atoms with Crippen LogP contribution in [0, 0.1) is 5.92 Å². The number of nitrogens with zero attached hydrogens (tertiary/aromatic N) is 1. The molecule has 47 heavy (non-hydrogen) atoms. The van der Waals surface area contributed by atoms with Crippen LogP contribution in [0.4, 0.5) is 16.2 Å². The van der Waals surface area contributed by atoms with Gasteiger partial charge in [-0.25, -0.2) is 4.79 Å². The summed E-state index contributed by atoms with van der Waals surface area (Å²) in [6.07, 6.45) is 2.56. The van der Waals surface area contributed by atoms with Crippen LogP contribution in [0.1, 0.15) is 60.1 Å². The monoisotopic (exact) mass is 641 g/mol. The molecule has 1 heterocycles. The number of benzene rings is 3. The van der Waals surface area contributed by atoms with Crippen molar-refractivity contribution in [2.75, 3.05) is 37.9 Å². The molecule has 1 saturated carbocycles. The minimum absolute atomic E-state index is 0.0938. The maximum Gasteiger partial charge on any atom is 0.410 e. The quantitative estimate of drug-likeness (QED) is 0.189. The summed E-state index contributed by atoms with van der Waals surface area (Å²) in [5.74, 6) is -0.366. The van der Waals surface area contributed by atoms with Gasteiger partial charge in [0.1, 0.15) is 11.2 Å². The van der Waals surface area contributed by atoms with Gasteiger partial charge in [-0.15, -0.1) is 0 Å². The van der Waals surface area contributed by atoms with Crippen molar-refractivity contribution in [1.29, 1.82) is 0 Å². The zero-order valence-electron chi connectivity index (χ0n) is 27.2. The summed E-state index contributed by atoms with van der Waals surface area (Å²) in [5, 5.41) is 5.89. The molecule has 0 bridgehead atoms. The second kappa shape index (κ2) is 14.0. The fourth-order valence-corrected chi connectivity index (χ4v) is 4.98. The lowest BCUT2D eigenvalue weighted by atomic mass is 10.1. The van der Waals surface area contributed by atoms with E-state index in [0.29, 0.717) is 36.5 Å². The number of para-hydroxylation sites is 1. The van der Waals surface area contributed by atoms with Crippen LogP contribution in [0.5, 0.6) is 11.5 Å². The number of rotatable bonds is 11. The number of hydrogen-bond donors (Lipinski definition) is 2. The molecule has 11 nitrogen and oxygen atoms in total. The maximum absolute atomic E-state index is 13.6. The SMILES string of the molecule is COc1cc(NC(=O)c2cc(=O)c3ccccc3o2)c(C(=O)Nc2ccc(CCN(CC3CC3)C(=O)OC(C)(C)C)cc2)cc1OC. The molecule has 0 radical (unpaired) electrons. The zero-order valence-corrected chi connectivity index (χ0v) is 27.2. The van der Waals surface area contributed by atoms with E-state index >= 15 is 0 Å². The number of amides is 3. The normalized spacial score (nSPS) is 12.7. The highest BCUT2D eigenvalue weighted by atomic mass is 16.6. The number of nitrogens with one attached hydrogen (secondary N) is 2. The molecule has 2 N–H and O–H groups in total. The molecule has 1 aromatic heterocycles. The van der Waals surface area contributed by atoms with E-state index in [2.05, 4.69) is 10.6 Å². The van der Waals surface area contributed by atoms with Crippen LogP contribution in [-0.2, 0) is 11.2 Å². The Labute approximate surface area is 272 Å². The molecule has 0 saturated heterocycles. The van der Waals surface area contributed by atoms with Gasteiger partial charge in [-0.05, 0) is 81.8 Å².